The number of para-hydroxylation sites is 1. The van der Waals surface area contributed by atoms with Gasteiger partial charge in [0.15, 0.2) is 17.5 Å². The van der Waals surface area contributed by atoms with Crippen LogP contribution in [0.4, 0.5) is 0 Å². The summed E-state index contributed by atoms with van der Waals surface area (Å²) >= 11 is 0. The van der Waals surface area contributed by atoms with E-state index in [4.69, 9.17) is 15.0 Å². The minimum atomic E-state index is 0.630. The van der Waals surface area contributed by atoms with Gasteiger partial charge in [0.05, 0.1) is 11.0 Å². The Bertz CT molecular complexity index is 2910. The number of hydrogen-bond donors (Lipinski definition) is 0. The monoisotopic (exact) mass is 650 g/mol. The van der Waals surface area contributed by atoms with Crippen molar-refractivity contribution in [3.8, 4) is 51.0 Å². The summed E-state index contributed by atoms with van der Waals surface area (Å²) in [4.78, 5) is 15.4. The lowest BCUT2D eigenvalue weighted by Gasteiger charge is -2.15. The Morgan fingerprint density at radius 3 is 1.67 bits per heavy atom. The predicted molar refractivity (Wildman–Crippen MR) is 211 cm³/mol. The van der Waals surface area contributed by atoms with Gasteiger partial charge in [-0.05, 0) is 75.1 Å². The average Bonchev–Trinajstić information content (AvgIpc) is 3.53. The van der Waals surface area contributed by atoms with Crippen LogP contribution in [0.5, 0.6) is 0 Å². The molecular weight excluding hydrogens is 621 g/mol. The Morgan fingerprint density at radius 1 is 0.314 bits per heavy atom. The number of benzene rings is 8. The molecule has 0 N–H and O–H groups in total. The molecule has 0 bridgehead atoms. The first-order chi connectivity index (χ1) is 25.3. The highest BCUT2D eigenvalue weighted by Crippen LogP contribution is 2.39. The van der Waals surface area contributed by atoms with Gasteiger partial charge in [0.2, 0.25) is 0 Å². The van der Waals surface area contributed by atoms with Crippen molar-refractivity contribution < 1.29 is 0 Å². The van der Waals surface area contributed by atoms with Gasteiger partial charge in [-0.3, -0.25) is 0 Å². The van der Waals surface area contributed by atoms with E-state index in [9.17, 15) is 0 Å². The van der Waals surface area contributed by atoms with Crippen molar-refractivity contribution in [2.45, 2.75) is 0 Å². The lowest BCUT2D eigenvalue weighted by molar-refractivity contribution is 1.07. The molecule has 0 unspecified atom stereocenters. The van der Waals surface area contributed by atoms with Gasteiger partial charge in [0, 0.05) is 33.2 Å². The Balaban J connectivity index is 1.22. The van der Waals surface area contributed by atoms with E-state index in [1.165, 1.54) is 38.0 Å². The lowest BCUT2D eigenvalue weighted by Crippen LogP contribution is -2.02. The van der Waals surface area contributed by atoms with Gasteiger partial charge in [-0.25, -0.2) is 15.0 Å². The van der Waals surface area contributed by atoms with Crippen LogP contribution in [0.3, 0.4) is 0 Å². The van der Waals surface area contributed by atoms with Gasteiger partial charge in [0.25, 0.3) is 0 Å². The minimum Gasteiger partial charge on any atom is -0.309 e. The maximum absolute atomic E-state index is 5.19. The fourth-order valence-corrected chi connectivity index (χ4v) is 7.33. The fourth-order valence-electron chi connectivity index (χ4n) is 7.33. The number of nitrogens with zero attached hydrogens (tertiary/aromatic N) is 4. The van der Waals surface area contributed by atoms with Gasteiger partial charge >= 0.3 is 0 Å². The minimum absolute atomic E-state index is 0.630. The van der Waals surface area contributed by atoms with Crippen LogP contribution in [-0.2, 0) is 0 Å². The number of fused-ring (bicyclic) bond motifs is 5. The van der Waals surface area contributed by atoms with Crippen LogP contribution in [0, 0.1) is 0 Å². The first kappa shape index (κ1) is 29.0. The Labute approximate surface area is 295 Å². The van der Waals surface area contributed by atoms with Crippen molar-refractivity contribution in [2.75, 3.05) is 0 Å². The molecule has 10 aromatic rings. The SMILES string of the molecule is c1ccc(-c2nc(-c3ccc4ccccc4c3)nc(-c3ccc(-n4c5ccccc5c5cc6ccccc6cc54)cc3-c3ccccc3)n2)cc1. The number of rotatable bonds is 5. The molecule has 51 heavy (non-hydrogen) atoms. The van der Waals surface area contributed by atoms with Crippen LogP contribution >= 0.6 is 0 Å². The topological polar surface area (TPSA) is 43.6 Å². The normalized spacial score (nSPS) is 11.5. The molecule has 2 heterocycles. The molecule has 4 heteroatoms. The zero-order valence-corrected chi connectivity index (χ0v) is 27.6. The predicted octanol–water partition coefficient (Wildman–Crippen LogP) is 11.9. The highest BCUT2D eigenvalue weighted by atomic mass is 15.0. The van der Waals surface area contributed by atoms with E-state index in [1.807, 2.05) is 18.2 Å². The summed E-state index contributed by atoms with van der Waals surface area (Å²) < 4.78 is 2.39. The Hall–Kier alpha value is -6.91. The van der Waals surface area contributed by atoms with Crippen LogP contribution < -0.4 is 0 Å². The lowest BCUT2D eigenvalue weighted by atomic mass is 9.98. The van der Waals surface area contributed by atoms with E-state index < -0.39 is 0 Å². The molecular formula is C47H30N4. The Morgan fingerprint density at radius 2 is 0.902 bits per heavy atom. The van der Waals surface area contributed by atoms with Crippen molar-refractivity contribution in [2.24, 2.45) is 0 Å². The highest BCUT2D eigenvalue weighted by molar-refractivity contribution is 6.13. The van der Waals surface area contributed by atoms with Crippen molar-refractivity contribution >= 4 is 43.4 Å². The molecule has 8 aromatic carbocycles. The average molecular weight is 651 g/mol. The summed E-state index contributed by atoms with van der Waals surface area (Å²) in [6.07, 6.45) is 0. The fraction of sp³-hybridized carbons (Fsp3) is 0. The zero-order chi connectivity index (χ0) is 33.7. The highest BCUT2D eigenvalue weighted by Gasteiger charge is 2.19. The van der Waals surface area contributed by atoms with Crippen LogP contribution in [-0.4, -0.2) is 19.5 Å². The van der Waals surface area contributed by atoms with Crippen molar-refractivity contribution in [3.63, 3.8) is 0 Å². The van der Waals surface area contributed by atoms with Crippen LogP contribution in [0.2, 0.25) is 0 Å². The summed E-state index contributed by atoms with van der Waals surface area (Å²) in [7, 11) is 0. The third kappa shape index (κ3) is 5.04. The Kier molecular flexibility index (Phi) is 6.78. The molecule has 238 valence electrons. The first-order valence-electron chi connectivity index (χ1n) is 17.2. The summed E-state index contributed by atoms with van der Waals surface area (Å²) in [5.74, 6) is 1.91. The number of aromatic nitrogens is 4. The van der Waals surface area contributed by atoms with Crippen molar-refractivity contribution in [1.82, 2.24) is 19.5 Å². The standard InChI is InChI=1S/C47H30N4/c1-3-14-32(15-4-1)41-30-38(51-43-22-12-11-21-39(43)42-28-35-19-9-10-20-36(35)29-44(42)51)25-26-40(41)47-49-45(33-16-5-2-6-17-33)48-46(50-47)37-24-23-31-13-7-8-18-34(31)27-37/h1-30H. The summed E-state index contributed by atoms with van der Waals surface area (Å²) in [6.45, 7) is 0. The molecule has 4 nitrogen and oxygen atoms in total. The molecule has 0 fully saturated rings. The number of hydrogen-bond acceptors (Lipinski definition) is 3. The van der Waals surface area contributed by atoms with Crippen LogP contribution in [0.25, 0.3) is 94.3 Å². The van der Waals surface area contributed by atoms with E-state index in [1.54, 1.807) is 0 Å². The molecule has 0 aliphatic heterocycles. The maximum Gasteiger partial charge on any atom is 0.164 e. The third-order valence-corrected chi connectivity index (χ3v) is 9.80. The molecule has 2 aromatic heterocycles. The third-order valence-electron chi connectivity index (χ3n) is 9.80. The molecule has 0 radical (unpaired) electrons. The maximum atomic E-state index is 5.19. The van der Waals surface area contributed by atoms with E-state index >= 15 is 0 Å². The van der Waals surface area contributed by atoms with Crippen LogP contribution in [0.1, 0.15) is 0 Å². The van der Waals surface area contributed by atoms with Crippen molar-refractivity contribution in [3.05, 3.63) is 182 Å². The van der Waals surface area contributed by atoms with Gasteiger partial charge in [-0.15, -0.1) is 0 Å². The molecule has 10 rings (SSSR count). The molecule has 0 saturated heterocycles. The van der Waals surface area contributed by atoms with Crippen LogP contribution in [0.15, 0.2) is 182 Å². The van der Waals surface area contributed by atoms with E-state index in [2.05, 4.69) is 168 Å². The van der Waals surface area contributed by atoms with E-state index in [0.717, 1.165) is 38.9 Å². The molecule has 0 aliphatic carbocycles. The molecule has 0 spiro atoms. The van der Waals surface area contributed by atoms with Crippen molar-refractivity contribution in [1.29, 1.82) is 0 Å². The quantitative estimate of drug-likeness (QED) is 0.186. The molecule has 0 amide bonds. The molecule has 0 saturated carbocycles. The smallest absolute Gasteiger partial charge is 0.164 e. The first-order valence-corrected chi connectivity index (χ1v) is 17.2. The zero-order valence-electron chi connectivity index (χ0n) is 27.6. The van der Waals surface area contributed by atoms with Gasteiger partial charge in [-0.1, -0.05) is 140 Å². The summed E-state index contributed by atoms with van der Waals surface area (Å²) in [6, 6.07) is 64.0. The second-order valence-corrected chi connectivity index (χ2v) is 12.9. The van der Waals surface area contributed by atoms with E-state index in [-0.39, 0.29) is 0 Å². The molecule has 0 atom stereocenters. The second-order valence-electron chi connectivity index (χ2n) is 12.9. The van der Waals surface area contributed by atoms with Gasteiger partial charge in [-0.2, -0.15) is 0 Å². The summed E-state index contributed by atoms with van der Waals surface area (Å²) in [5, 5.41) is 7.24. The van der Waals surface area contributed by atoms with Gasteiger partial charge < -0.3 is 4.57 Å². The van der Waals surface area contributed by atoms with E-state index in [0.29, 0.717) is 17.5 Å². The van der Waals surface area contributed by atoms with Gasteiger partial charge in [0.1, 0.15) is 0 Å². The second kappa shape index (κ2) is 11.9. The largest absolute Gasteiger partial charge is 0.309 e. The molecule has 0 aliphatic rings. The summed E-state index contributed by atoms with van der Waals surface area (Å²) in [5.41, 5.74) is 8.39.